The van der Waals surface area contributed by atoms with E-state index >= 15 is 0 Å². The number of hydrogen-bond donors (Lipinski definition) is 0. The van der Waals surface area contributed by atoms with Crippen molar-refractivity contribution in [2.75, 3.05) is 13.1 Å². The number of nitrogens with zero attached hydrogens (tertiary/aromatic N) is 5. The number of carbonyl (C=O) groups excluding carboxylic acids is 1. The molecule has 0 bridgehead atoms. The number of aromatic nitrogens is 4. The minimum atomic E-state index is -0.307. The molecule has 8 heteroatoms. The molecule has 2 aromatic heterocycles. The van der Waals surface area contributed by atoms with Crippen molar-refractivity contribution in [3.05, 3.63) is 70.5 Å². The number of fused-ring (bicyclic) bond motifs is 3. The standard InChI is InChI=1S/C26H29N5O2S/c1-17-13-18(2)15-29(14-17)23(32)19(3)34-26-28-27-25-30(16-20-9-5-4-6-10-20)24(33)21-11-7-8-12-22(21)31(25)26/h4-12,17-19H,13-16H2,1-3H3. The SMILES string of the molecule is CC1CC(C)CN(C(=O)C(C)Sc2nnc3n(Cc4ccccc4)c(=O)c4ccccc4n23)C1. The quantitative estimate of drug-likeness (QED) is 0.407. The molecule has 7 nitrogen and oxygen atoms in total. The van der Waals surface area contributed by atoms with Gasteiger partial charge in [0.25, 0.3) is 5.56 Å². The number of carbonyl (C=O) groups is 1. The maximum absolute atomic E-state index is 13.4. The summed E-state index contributed by atoms with van der Waals surface area (Å²) in [5.74, 6) is 1.63. The van der Waals surface area contributed by atoms with Gasteiger partial charge in [-0.25, -0.2) is 0 Å². The number of likely N-dealkylation sites (tertiary alicyclic amines) is 1. The van der Waals surface area contributed by atoms with Crippen LogP contribution in [-0.2, 0) is 11.3 Å². The summed E-state index contributed by atoms with van der Waals surface area (Å²) in [6.45, 7) is 8.34. The van der Waals surface area contributed by atoms with E-state index in [4.69, 9.17) is 0 Å². The molecule has 1 amide bonds. The molecule has 176 valence electrons. The van der Waals surface area contributed by atoms with Gasteiger partial charge >= 0.3 is 0 Å². The van der Waals surface area contributed by atoms with E-state index in [1.54, 1.807) is 4.57 Å². The molecule has 3 unspecified atom stereocenters. The van der Waals surface area contributed by atoms with Gasteiger partial charge in [0.2, 0.25) is 11.7 Å². The lowest BCUT2D eigenvalue weighted by molar-refractivity contribution is -0.132. The number of piperidine rings is 1. The molecule has 1 saturated heterocycles. The molecule has 1 fully saturated rings. The second kappa shape index (κ2) is 9.25. The molecular formula is C26H29N5O2S. The summed E-state index contributed by atoms with van der Waals surface area (Å²) in [6.07, 6.45) is 1.16. The molecule has 3 atom stereocenters. The molecule has 0 aliphatic carbocycles. The van der Waals surface area contributed by atoms with Gasteiger partial charge in [-0.15, -0.1) is 10.2 Å². The smallest absolute Gasteiger partial charge is 0.263 e. The normalized spacial score (nSPS) is 19.6. The molecular weight excluding hydrogens is 446 g/mol. The maximum atomic E-state index is 13.4. The third-order valence-electron chi connectivity index (χ3n) is 6.47. The van der Waals surface area contributed by atoms with E-state index < -0.39 is 0 Å². The number of rotatable bonds is 5. The van der Waals surface area contributed by atoms with Crippen LogP contribution in [-0.4, -0.2) is 48.3 Å². The van der Waals surface area contributed by atoms with Gasteiger partial charge in [0.15, 0.2) is 5.16 Å². The summed E-state index contributed by atoms with van der Waals surface area (Å²) in [5, 5.41) is 9.75. The Morgan fingerprint density at radius 2 is 1.71 bits per heavy atom. The van der Waals surface area contributed by atoms with E-state index in [9.17, 15) is 9.59 Å². The van der Waals surface area contributed by atoms with E-state index in [1.165, 1.54) is 11.8 Å². The Hall–Kier alpha value is -3.13. The van der Waals surface area contributed by atoms with Crippen molar-refractivity contribution in [3.8, 4) is 0 Å². The van der Waals surface area contributed by atoms with Crippen molar-refractivity contribution in [1.82, 2.24) is 24.1 Å². The summed E-state index contributed by atoms with van der Waals surface area (Å²) in [4.78, 5) is 28.6. The third kappa shape index (κ3) is 4.22. The Kier molecular flexibility index (Phi) is 6.16. The first-order valence-electron chi connectivity index (χ1n) is 11.8. The Balaban J connectivity index is 1.54. The Labute approximate surface area is 202 Å². The molecule has 5 rings (SSSR count). The van der Waals surface area contributed by atoms with Crippen molar-refractivity contribution >= 4 is 34.3 Å². The number of para-hydroxylation sites is 1. The summed E-state index contributed by atoms with van der Waals surface area (Å²) in [5.41, 5.74) is 1.66. The lowest BCUT2D eigenvalue weighted by Crippen LogP contribution is -2.45. The molecule has 2 aromatic carbocycles. The molecule has 1 aliphatic heterocycles. The lowest BCUT2D eigenvalue weighted by atomic mass is 9.92. The summed E-state index contributed by atoms with van der Waals surface area (Å²) in [7, 11) is 0. The van der Waals surface area contributed by atoms with E-state index in [2.05, 4.69) is 24.0 Å². The highest BCUT2D eigenvalue weighted by atomic mass is 32.2. The minimum Gasteiger partial charge on any atom is -0.341 e. The minimum absolute atomic E-state index is 0.101. The van der Waals surface area contributed by atoms with Crippen LogP contribution in [0, 0.1) is 11.8 Å². The van der Waals surface area contributed by atoms with E-state index in [1.807, 2.05) is 70.8 Å². The zero-order valence-corrected chi connectivity index (χ0v) is 20.5. The highest BCUT2D eigenvalue weighted by Gasteiger charge is 2.30. The molecule has 1 aliphatic rings. The van der Waals surface area contributed by atoms with Crippen LogP contribution < -0.4 is 5.56 Å². The van der Waals surface area contributed by atoms with Crippen molar-refractivity contribution in [2.45, 2.75) is 44.1 Å². The average Bonchev–Trinajstić information content (AvgIpc) is 3.24. The van der Waals surface area contributed by atoms with Gasteiger partial charge in [-0.2, -0.15) is 0 Å². The van der Waals surface area contributed by atoms with Crippen molar-refractivity contribution in [3.63, 3.8) is 0 Å². The highest BCUT2D eigenvalue weighted by Crippen LogP contribution is 2.28. The molecule has 4 aromatic rings. The zero-order chi connectivity index (χ0) is 23.8. The summed E-state index contributed by atoms with van der Waals surface area (Å²) in [6, 6.07) is 17.4. The van der Waals surface area contributed by atoms with Crippen molar-refractivity contribution < 1.29 is 4.79 Å². The molecule has 0 N–H and O–H groups in total. The van der Waals surface area contributed by atoms with Crippen molar-refractivity contribution in [2.24, 2.45) is 11.8 Å². The number of amides is 1. The fourth-order valence-corrected chi connectivity index (χ4v) is 5.97. The first-order valence-corrected chi connectivity index (χ1v) is 12.7. The number of thioether (sulfide) groups is 1. The number of hydrogen-bond acceptors (Lipinski definition) is 5. The van der Waals surface area contributed by atoms with Crippen LogP contribution in [0.2, 0.25) is 0 Å². The number of benzene rings is 2. The van der Waals surface area contributed by atoms with Gasteiger partial charge in [-0.3, -0.25) is 18.6 Å². The fraction of sp³-hybridized carbons (Fsp3) is 0.385. The largest absolute Gasteiger partial charge is 0.341 e. The van der Waals surface area contributed by atoms with Gasteiger partial charge in [0.1, 0.15) is 0 Å². The topological polar surface area (TPSA) is 72.5 Å². The predicted octanol–water partition coefficient (Wildman–Crippen LogP) is 4.08. The molecule has 0 spiro atoms. The summed E-state index contributed by atoms with van der Waals surface area (Å²) >= 11 is 1.40. The van der Waals surface area contributed by atoms with Gasteiger partial charge in [-0.1, -0.05) is 68.1 Å². The van der Waals surface area contributed by atoms with Crippen LogP contribution in [0.5, 0.6) is 0 Å². The van der Waals surface area contributed by atoms with E-state index in [-0.39, 0.29) is 16.7 Å². The van der Waals surface area contributed by atoms with Crippen LogP contribution in [0.15, 0.2) is 64.5 Å². The summed E-state index contributed by atoms with van der Waals surface area (Å²) < 4.78 is 3.57. The Morgan fingerprint density at radius 3 is 2.44 bits per heavy atom. The van der Waals surface area contributed by atoms with Gasteiger partial charge < -0.3 is 4.90 Å². The van der Waals surface area contributed by atoms with Gasteiger partial charge in [-0.05, 0) is 42.9 Å². The van der Waals surface area contributed by atoms with Crippen LogP contribution >= 0.6 is 11.8 Å². The molecule has 3 heterocycles. The first-order chi connectivity index (χ1) is 16.4. The third-order valence-corrected chi connectivity index (χ3v) is 7.50. The van der Waals surface area contributed by atoms with Crippen LogP contribution in [0.3, 0.4) is 0 Å². The van der Waals surface area contributed by atoms with E-state index in [0.29, 0.717) is 34.7 Å². The Morgan fingerprint density at radius 1 is 1.03 bits per heavy atom. The van der Waals surface area contributed by atoms with Crippen LogP contribution in [0.4, 0.5) is 0 Å². The first kappa shape index (κ1) is 22.7. The van der Waals surface area contributed by atoms with Gasteiger partial charge in [0.05, 0.1) is 22.7 Å². The van der Waals surface area contributed by atoms with Crippen molar-refractivity contribution in [1.29, 1.82) is 0 Å². The zero-order valence-electron chi connectivity index (χ0n) is 19.7. The van der Waals surface area contributed by atoms with Gasteiger partial charge in [0, 0.05) is 13.1 Å². The van der Waals surface area contributed by atoms with Crippen LogP contribution in [0.25, 0.3) is 16.7 Å². The predicted molar refractivity (Wildman–Crippen MR) is 135 cm³/mol. The second-order valence-corrected chi connectivity index (χ2v) is 10.8. The molecule has 0 saturated carbocycles. The van der Waals surface area contributed by atoms with E-state index in [0.717, 1.165) is 30.6 Å². The second-order valence-electron chi connectivity index (χ2n) is 9.46. The molecule has 0 radical (unpaired) electrons. The Bertz CT molecular complexity index is 1390. The molecule has 34 heavy (non-hydrogen) atoms. The lowest BCUT2D eigenvalue weighted by Gasteiger charge is -2.36. The van der Waals surface area contributed by atoms with Crippen LogP contribution in [0.1, 0.15) is 32.8 Å². The fourth-order valence-electron chi connectivity index (χ4n) is 5.03. The average molecular weight is 476 g/mol. The maximum Gasteiger partial charge on any atom is 0.263 e. The monoisotopic (exact) mass is 475 g/mol. The highest BCUT2D eigenvalue weighted by molar-refractivity contribution is 8.00.